The molecule has 9 rings (SSSR count). The molecule has 7 heterocycles. The number of benzene rings is 2. The molecule has 0 radical (unpaired) electrons. The Hall–Kier alpha value is -3.63. The van der Waals surface area contributed by atoms with Crippen LogP contribution in [0.2, 0.25) is 0 Å². The number of likely N-dealkylation sites (tertiary alicyclic amines) is 1. The van der Waals surface area contributed by atoms with E-state index in [1.165, 1.54) is 17.4 Å². The molecule has 222 valence electrons. The van der Waals surface area contributed by atoms with Crippen molar-refractivity contribution in [3.05, 3.63) is 40.5 Å². The smallest absolute Gasteiger partial charge is 0.319 e. The first-order valence-electron chi connectivity index (χ1n) is 14.7. The van der Waals surface area contributed by atoms with Crippen LogP contribution in [0.4, 0.5) is 19.6 Å². The number of piperidine rings is 1. The number of fused-ring (bicyclic) bond motifs is 6. The molecule has 3 atom stereocenters. The van der Waals surface area contributed by atoms with Crippen LogP contribution < -0.4 is 15.4 Å². The maximum atomic E-state index is 17.1. The van der Waals surface area contributed by atoms with E-state index >= 15 is 8.78 Å². The average Bonchev–Trinajstić information content (AvgIpc) is 3.70. The molecule has 0 saturated carbocycles. The summed E-state index contributed by atoms with van der Waals surface area (Å²) in [5.74, 6) is -0.657. The van der Waals surface area contributed by atoms with Crippen LogP contribution in [0.3, 0.4) is 0 Å². The summed E-state index contributed by atoms with van der Waals surface area (Å²) in [6.45, 7) is 3.49. The lowest BCUT2D eigenvalue weighted by Crippen LogP contribution is -2.68. The fourth-order valence-electron chi connectivity index (χ4n) is 7.57. The van der Waals surface area contributed by atoms with Crippen molar-refractivity contribution < 1.29 is 18.3 Å². The largest absolute Gasteiger partial charge is 0.462 e. The van der Waals surface area contributed by atoms with E-state index in [0.717, 1.165) is 44.5 Å². The minimum atomic E-state index is -0.673. The summed E-state index contributed by atoms with van der Waals surface area (Å²) in [7, 11) is 4.18. The summed E-state index contributed by atoms with van der Waals surface area (Å²) < 4.78 is 45.7. The number of ether oxygens (including phenoxy) is 2. The first-order valence-corrected chi connectivity index (χ1v) is 15.5. The van der Waals surface area contributed by atoms with Gasteiger partial charge in [0.2, 0.25) is 0 Å². The second kappa shape index (κ2) is 9.95. The van der Waals surface area contributed by atoms with E-state index in [2.05, 4.69) is 39.8 Å². The van der Waals surface area contributed by atoms with Gasteiger partial charge in [0.15, 0.2) is 5.82 Å². The molecule has 12 heteroatoms. The topological polar surface area (TPSA) is 104 Å². The summed E-state index contributed by atoms with van der Waals surface area (Å²) in [5, 5.41) is 11.1. The van der Waals surface area contributed by atoms with Crippen LogP contribution in [-0.4, -0.2) is 78.2 Å². The van der Waals surface area contributed by atoms with E-state index in [0.29, 0.717) is 33.5 Å². The molecule has 5 aliphatic heterocycles. The highest BCUT2D eigenvalue weighted by Gasteiger charge is 2.46. The minimum Gasteiger partial charge on any atom is -0.462 e. The first kappa shape index (κ1) is 27.0. The van der Waals surface area contributed by atoms with Crippen molar-refractivity contribution in [2.75, 3.05) is 51.0 Å². The SMILES string of the molecule is CN1CC2CC(C1)N2c1nc(OCC2CCCN2C)nc2c(F)c(-c3c(F)ccc4sc(N)c(C#N)c34)c3c(c12)COC3. The zero-order chi connectivity index (χ0) is 29.6. The van der Waals surface area contributed by atoms with Crippen molar-refractivity contribution in [1.82, 2.24) is 19.8 Å². The normalized spacial score (nSPS) is 23.6. The Morgan fingerprint density at radius 3 is 2.65 bits per heavy atom. The number of anilines is 2. The third-order valence-corrected chi connectivity index (χ3v) is 10.6. The number of hydrogen-bond acceptors (Lipinski definition) is 10. The maximum absolute atomic E-state index is 17.1. The summed E-state index contributed by atoms with van der Waals surface area (Å²) in [6, 6.07) is 5.82. The molecule has 4 saturated heterocycles. The van der Waals surface area contributed by atoms with Gasteiger partial charge in [-0.3, -0.25) is 0 Å². The molecule has 2 aromatic heterocycles. The molecule has 4 aromatic rings. The van der Waals surface area contributed by atoms with Gasteiger partial charge in [-0.25, -0.2) is 8.78 Å². The summed E-state index contributed by atoms with van der Waals surface area (Å²) in [6.07, 6.45) is 3.15. The van der Waals surface area contributed by atoms with Crippen molar-refractivity contribution in [2.24, 2.45) is 0 Å². The van der Waals surface area contributed by atoms with Gasteiger partial charge < -0.3 is 29.9 Å². The molecule has 3 unspecified atom stereocenters. The lowest BCUT2D eigenvalue weighted by atomic mass is 9.86. The Morgan fingerprint density at radius 2 is 1.91 bits per heavy atom. The predicted molar refractivity (Wildman–Crippen MR) is 161 cm³/mol. The van der Waals surface area contributed by atoms with Crippen LogP contribution in [0.25, 0.3) is 32.1 Å². The number of piperazine rings is 1. The molecular formula is C31H31F2N7O2S. The monoisotopic (exact) mass is 603 g/mol. The number of nitrogens with zero attached hydrogens (tertiary/aromatic N) is 6. The number of nitrogen functional groups attached to an aromatic ring is 1. The van der Waals surface area contributed by atoms with Crippen molar-refractivity contribution in [3.8, 4) is 23.2 Å². The van der Waals surface area contributed by atoms with Crippen LogP contribution >= 0.6 is 11.3 Å². The minimum absolute atomic E-state index is 0.0146. The summed E-state index contributed by atoms with van der Waals surface area (Å²) >= 11 is 1.19. The second-order valence-corrected chi connectivity index (χ2v) is 13.3. The highest BCUT2D eigenvalue weighted by Crippen LogP contribution is 2.49. The number of likely N-dealkylation sites (N-methyl/N-ethyl adjacent to an activating group) is 2. The number of hydrogen-bond donors (Lipinski definition) is 1. The molecule has 4 fully saturated rings. The Kier molecular flexibility index (Phi) is 6.24. The van der Waals surface area contributed by atoms with Gasteiger partial charge in [-0.2, -0.15) is 15.2 Å². The number of nitriles is 1. The Morgan fingerprint density at radius 1 is 1.12 bits per heavy atom. The summed E-state index contributed by atoms with van der Waals surface area (Å²) in [4.78, 5) is 16.4. The van der Waals surface area contributed by atoms with Crippen LogP contribution in [0.1, 0.15) is 36.0 Å². The molecule has 0 aliphatic carbocycles. The van der Waals surface area contributed by atoms with Crippen LogP contribution in [0.5, 0.6) is 6.01 Å². The van der Waals surface area contributed by atoms with Gasteiger partial charge in [-0.05, 0) is 63.2 Å². The molecule has 43 heavy (non-hydrogen) atoms. The van der Waals surface area contributed by atoms with E-state index in [1.807, 2.05) is 0 Å². The van der Waals surface area contributed by atoms with Gasteiger partial charge in [0.25, 0.3) is 0 Å². The van der Waals surface area contributed by atoms with Crippen LogP contribution in [0, 0.1) is 23.0 Å². The maximum Gasteiger partial charge on any atom is 0.319 e. The molecule has 0 amide bonds. The fraction of sp³-hybridized carbons (Fsp3) is 0.452. The van der Waals surface area contributed by atoms with E-state index in [-0.39, 0.29) is 64.6 Å². The van der Waals surface area contributed by atoms with Gasteiger partial charge in [0.1, 0.15) is 34.8 Å². The Balaban J connectivity index is 1.37. The van der Waals surface area contributed by atoms with E-state index in [1.54, 1.807) is 6.07 Å². The molecule has 0 spiro atoms. The lowest BCUT2D eigenvalue weighted by molar-refractivity contribution is 0.134. The number of nitrogens with two attached hydrogens (primary N) is 1. The molecule has 2 bridgehead atoms. The molecule has 9 nitrogen and oxygen atoms in total. The first-order chi connectivity index (χ1) is 20.8. The zero-order valence-electron chi connectivity index (χ0n) is 24.0. The summed E-state index contributed by atoms with van der Waals surface area (Å²) in [5.41, 5.74) is 7.76. The second-order valence-electron chi connectivity index (χ2n) is 12.2. The average molecular weight is 604 g/mol. The standard InChI is InChI=1S/C31H31F2N7O2S/c1-38-10-16-8-17(11-38)40(16)30-25-20-14-41-13-19(20)24(26-21(32)5-6-22-23(26)18(9-34)29(35)43-22)27(33)28(25)36-31(37-30)42-12-15-4-3-7-39(15)2/h5-6,15-17H,3-4,7-8,10-14,35H2,1-2H3. The number of halogens is 2. The van der Waals surface area contributed by atoms with Crippen molar-refractivity contribution >= 4 is 43.1 Å². The Bertz CT molecular complexity index is 1840. The van der Waals surface area contributed by atoms with E-state index in [9.17, 15) is 5.26 Å². The molecule has 2 aromatic carbocycles. The Labute approximate surface area is 251 Å². The number of thiophene rings is 1. The van der Waals surface area contributed by atoms with Gasteiger partial charge in [0, 0.05) is 52.4 Å². The van der Waals surface area contributed by atoms with Gasteiger partial charge >= 0.3 is 6.01 Å². The zero-order valence-corrected chi connectivity index (χ0v) is 24.8. The molecule has 5 aliphatic rings. The highest BCUT2D eigenvalue weighted by molar-refractivity contribution is 7.23. The molecule has 2 N–H and O–H groups in total. The third-order valence-electron chi connectivity index (χ3n) is 9.65. The van der Waals surface area contributed by atoms with Crippen molar-refractivity contribution in [3.63, 3.8) is 0 Å². The fourth-order valence-corrected chi connectivity index (χ4v) is 8.50. The molecular weight excluding hydrogens is 572 g/mol. The highest BCUT2D eigenvalue weighted by atomic mass is 32.1. The quantitative estimate of drug-likeness (QED) is 0.350. The van der Waals surface area contributed by atoms with Gasteiger partial charge in [-0.15, -0.1) is 11.3 Å². The van der Waals surface area contributed by atoms with Crippen molar-refractivity contribution in [2.45, 2.75) is 50.6 Å². The van der Waals surface area contributed by atoms with Crippen LogP contribution in [0.15, 0.2) is 12.1 Å². The van der Waals surface area contributed by atoms with Crippen molar-refractivity contribution in [1.29, 1.82) is 5.26 Å². The van der Waals surface area contributed by atoms with Crippen LogP contribution in [-0.2, 0) is 18.0 Å². The number of aromatic nitrogens is 2. The predicted octanol–water partition coefficient (Wildman–Crippen LogP) is 4.64. The lowest BCUT2D eigenvalue weighted by Gasteiger charge is -2.56. The van der Waals surface area contributed by atoms with Gasteiger partial charge in [-0.1, -0.05) is 0 Å². The van der Waals surface area contributed by atoms with E-state index in [4.69, 9.17) is 20.2 Å². The third kappa shape index (κ3) is 4.02. The van der Waals surface area contributed by atoms with E-state index < -0.39 is 11.6 Å². The van der Waals surface area contributed by atoms with Gasteiger partial charge in [0.05, 0.1) is 24.2 Å². The number of rotatable bonds is 5.